The molecule has 0 aromatic rings. The number of unbranched alkanes of at least 4 members (excludes halogenated alkanes) is 7. The van der Waals surface area contributed by atoms with Crippen molar-refractivity contribution in [3.63, 3.8) is 0 Å². The highest BCUT2D eigenvalue weighted by Crippen LogP contribution is 2.38. The smallest absolute Gasteiger partial charge is 0.317 e. The fourth-order valence-electron chi connectivity index (χ4n) is 4.34. The van der Waals surface area contributed by atoms with E-state index in [0.717, 1.165) is 24.7 Å². The molecular formula is C21H38O4. The molecule has 0 heterocycles. The van der Waals surface area contributed by atoms with Gasteiger partial charge in [-0.1, -0.05) is 96.8 Å². The Labute approximate surface area is 153 Å². The van der Waals surface area contributed by atoms with Gasteiger partial charge in [0.25, 0.3) is 0 Å². The Morgan fingerprint density at radius 2 is 1.28 bits per heavy atom. The third-order valence-corrected chi connectivity index (χ3v) is 5.91. The molecule has 0 amide bonds. The lowest BCUT2D eigenvalue weighted by Crippen LogP contribution is -2.23. The van der Waals surface area contributed by atoms with Gasteiger partial charge in [0, 0.05) is 0 Å². The number of rotatable bonds is 15. The summed E-state index contributed by atoms with van der Waals surface area (Å²) in [5.41, 5.74) is 0. The van der Waals surface area contributed by atoms with Crippen LogP contribution in [-0.2, 0) is 9.59 Å². The summed E-state index contributed by atoms with van der Waals surface area (Å²) in [6, 6.07) is 0. The van der Waals surface area contributed by atoms with Gasteiger partial charge < -0.3 is 10.2 Å². The van der Waals surface area contributed by atoms with Crippen molar-refractivity contribution in [1.29, 1.82) is 0 Å². The van der Waals surface area contributed by atoms with Crippen molar-refractivity contribution in [2.75, 3.05) is 0 Å². The third kappa shape index (κ3) is 9.27. The molecule has 0 spiro atoms. The predicted octanol–water partition coefficient (Wildman–Crippen LogP) is 5.89. The van der Waals surface area contributed by atoms with Gasteiger partial charge in [-0.15, -0.1) is 0 Å². The minimum Gasteiger partial charge on any atom is -0.481 e. The van der Waals surface area contributed by atoms with E-state index >= 15 is 0 Å². The summed E-state index contributed by atoms with van der Waals surface area (Å²) in [4.78, 5) is 21.7. The molecule has 1 aliphatic carbocycles. The minimum absolute atomic E-state index is 0.260. The van der Waals surface area contributed by atoms with E-state index < -0.39 is 17.9 Å². The van der Waals surface area contributed by atoms with Gasteiger partial charge in [-0.05, 0) is 18.3 Å². The molecule has 4 nitrogen and oxygen atoms in total. The first kappa shape index (κ1) is 22.0. The van der Waals surface area contributed by atoms with E-state index in [-0.39, 0.29) is 6.42 Å². The highest BCUT2D eigenvalue weighted by Gasteiger charge is 2.27. The van der Waals surface area contributed by atoms with Gasteiger partial charge >= 0.3 is 11.9 Å². The zero-order valence-electron chi connectivity index (χ0n) is 16.0. The van der Waals surface area contributed by atoms with Crippen molar-refractivity contribution in [2.45, 2.75) is 103 Å². The summed E-state index contributed by atoms with van der Waals surface area (Å²) in [7, 11) is 0. The van der Waals surface area contributed by atoms with Crippen LogP contribution in [0, 0.1) is 17.8 Å². The molecule has 0 unspecified atom stereocenters. The minimum atomic E-state index is -1.23. The summed E-state index contributed by atoms with van der Waals surface area (Å²) in [5, 5.41) is 17.8. The van der Waals surface area contributed by atoms with Crippen LogP contribution in [0.1, 0.15) is 103 Å². The molecule has 4 heteroatoms. The molecule has 0 aromatic heterocycles. The number of carboxylic acids is 2. The number of hydrogen-bond acceptors (Lipinski definition) is 2. The molecule has 2 N–H and O–H groups in total. The van der Waals surface area contributed by atoms with Gasteiger partial charge in [0.2, 0.25) is 0 Å². The third-order valence-electron chi connectivity index (χ3n) is 5.91. The van der Waals surface area contributed by atoms with Crippen molar-refractivity contribution >= 4 is 11.9 Å². The van der Waals surface area contributed by atoms with E-state index in [9.17, 15) is 9.59 Å². The predicted molar refractivity (Wildman–Crippen MR) is 101 cm³/mol. The molecule has 1 rings (SSSR count). The van der Waals surface area contributed by atoms with Crippen LogP contribution in [0.2, 0.25) is 0 Å². The fourth-order valence-corrected chi connectivity index (χ4v) is 4.34. The van der Waals surface area contributed by atoms with Crippen molar-refractivity contribution in [1.82, 2.24) is 0 Å². The molecule has 0 saturated heterocycles. The van der Waals surface area contributed by atoms with Gasteiger partial charge in [-0.25, -0.2) is 0 Å². The lowest BCUT2D eigenvalue weighted by Gasteiger charge is -2.19. The lowest BCUT2D eigenvalue weighted by molar-refractivity contribution is -0.154. The first-order chi connectivity index (χ1) is 12.1. The Morgan fingerprint density at radius 1 is 0.800 bits per heavy atom. The Hall–Kier alpha value is -1.06. The van der Waals surface area contributed by atoms with Crippen LogP contribution in [0.15, 0.2) is 0 Å². The second-order valence-electron chi connectivity index (χ2n) is 7.87. The molecule has 25 heavy (non-hydrogen) atoms. The van der Waals surface area contributed by atoms with E-state index in [1.807, 2.05) is 0 Å². The molecule has 0 aromatic carbocycles. The fraction of sp³-hybridized carbons (Fsp3) is 0.905. The monoisotopic (exact) mass is 354 g/mol. The first-order valence-corrected chi connectivity index (χ1v) is 10.5. The Morgan fingerprint density at radius 3 is 1.80 bits per heavy atom. The summed E-state index contributed by atoms with van der Waals surface area (Å²) in [6.45, 7) is 2.26. The van der Waals surface area contributed by atoms with E-state index in [4.69, 9.17) is 10.2 Å². The van der Waals surface area contributed by atoms with Crippen LogP contribution in [0.5, 0.6) is 0 Å². The van der Waals surface area contributed by atoms with Gasteiger partial charge in [0.15, 0.2) is 5.92 Å². The first-order valence-electron chi connectivity index (χ1n) is 10.5. The van der Waals surface area contributed by atoms with Crippen LogP contribution in [0.25, 0.3) is 0 Å². The summed E-state index contributed by atoms with van der Waals surface area (Å²) in [5.74, 6) is -1.89. The standard InChI is InChI=1S/C21H38O4/c1-2-3-4-5-6-8-12-17-14-11-15-18(17)13-9-7-10-16-19(20(22)23)21(24)25/h17-19H,2-16H2,1H3,(H,22,23)(H,24,25)/t17-,18-/m0/s1. The number of carbonyl (C=O) groups is 2. The van der Waals surface area contributed by atoms with Gasteiger partial charge in [0.1, 0.15) is 0 Å². The molecule has 1 fully saturated rings. The molecule has 1 saturated carbocycles. The zero-order valence-corrected chi connectivity index (χ0v) is 16.0. The molecule has 0 radical (unpaired) electrons. The lowest BCUT2D eigenvalue weighted by atomic mass is 9.86. The van der Waals surface area contributed by atoms with Crippen LogP contribution >= 0.6 is 0 Å². The van der Waals surface area contributed by atoms with Crippen molar-refractivity contribution in [3.05, 3.63) is 0 Å². The van der Waals surface area contributed by atoms with Crippen molar-refractivity contribution in [3.8, 4) is 0 Å². The van der Waals surface area contributed by atoms with E-state index in [1.165, 1.54) is 70.6 Å². The quantitative estimate of drug-likeness (QED) is 0.284. The molecule has 0 bridgehead atoms. The molecule has 2 atom stereocenters. The molecular weight excluding hydrogens is 316 g/mol. The molecule has 0 aliphatic heterocycles. The topological polar surface area (TPSA) is 74.6 Å². The average Bonchev–Trinajstić information content (AvgIpc) is 3.00. The maximum absolute atomic E-state index is 10.9. The van der Waals surface area contributed by atoms with E-state index in [1.54, 1.807) is 0 Å². The number of hydrogen-bond donors (Lipinski definition) is 2. The Balaban J connectivity index is 2.10. The van der Waals surface area contributed by atoms with Crippen molar-refractivity contribution in [2.24, 2.45) is 17.8 Å². The van der Waals surface area contributed by atoms with E-state index in [2.05, 4.69) is 6.92 Å². The Kier molecular flexibility index (Phi) is 11.6. The van der Waals surface area contributed by atoms with Crippen molar-refractivity contribution < 1.29 is 19.8 Å². The average molecular weight is 355 g/mol. The maximum atomic E-state index is 10.9. The summed E-state index contributed by atoms with van der Waals surface area (Å²) >= 11 is 0. The van der Waals surface area contributed by atoms with Gasteiger partial charge in [0.05, 0.1) is 0 Å². The van der Waals surface area contributed by atoms with Crippen LogP contribution < -0.4 is 0 Å². The SMILES string of the molecule is CCCCCCCC[C@H]1CCC[C@@H]1CCCCCC(C(=O)O)C(=O)O. The van der Waals surface area contributed by atoms with Gasteiger partial charge in [-0.2, -0.15) is 0 Å². The second kappa shape index (κ2) is 13.2. The number of carboxylic acid groups (broad SMARTS) is 2. The summed E-state index contributed by atoms with van der Waals surface area (Å²) < 4.78 is 0. The molecule has 146 valence electrons. The molecule has 1 aliphatic rings. The van der Waals surface area contributed by atoms with Crippen LogP contribution in [0.3, 0.4) is 0 Å². The van der Waals surface area contributed by atoms with Gasteiger partial charge in [-0.3, -0.25) is 9.59 Å². The second-order valence-corrected chi connectivity index (χ2v) is 7.87. The number of aliphatic carboxylic acids is 2. The Bertz CT molecular complexity index is 366. The highest BCUT2D eigenvalue weighted by molar-refractivity contribution is 5.92. The zero-order chi connectivity index (χ0) is 18.5. The van der Waals surface area contributed by atoms with Crippen LogP contribution in [0.4, 0.5) is 0 Å². The largest absolute Gasteiger partial charge is 0.481 e. The highest BCUT2D eigenvalue weighted by atomic mass is 16.4. The maximum Gasteiger partial charge on any atom is 0.317 e. The summed E-state index contributed by atoms with van der Waals surface area (Å²) in [6.07, 6.45) is 18.0. The normalized spacial score (nSPS) is 20.2. The van der Waals surface area contributed by atoms with Crippen LogP contribution in [-0.4, -0.2) is 22.2 Å². The van der Waals surface area contributed by atoms with E-state index in [0.29, 0.717) is 6.42 Å².